The second kappa shape index (κ2) is 7.38. The van der Waals surface area contributed by atoms with E-state index in [4.69, 9.17) is 12.2 Å². The van der Waals surface area contributed by atoms with Gasteiger partial charge in [0.1, 0.15) is 4.32 Å². The van der Waals surface area contributed by atoms with Crippen LogP contribution in [-0.2, 0) is 14.3 Å². The molecule has 6 heteroatoms. The first kappa shape index (κ1) is 15.7. The molecule has 1 aromatic rings. The summed E-state index contributed by atoms with van der Waals surface area (Å²) in [5.41, 5.74) is 0.965. The van der Waals surface area contributed by atoms with Crippen molar-refractivity contribution < 1.29 is 14.3 Å². The Morgan fingerprint density at radius 3 is 2.76 bits per heavy atom. The van der Waals surface area contributed by atoms with E-state index >= 15 is 0 Å². The number of thiocarbonyl (C=S) groups is 1. The molecule has 110 valence electrons. The van der Waals surface area contributed by atoms with E-state index in [0.29, 0.717) is 22.2 Å². The monoisotopic (exact) mass is 321 g/mol. The molecule has 21 heavy (non-hydrogen) atoms. The number of carbonyl (C=O) groups is 2. The highest BCUT2D eigenvalue weighted by Crippen LogP contribution is 2.32. The maximum Gasteiger partial charge on any atom is 0.305 e. The van der Waals surface area contributed by atoms with Gasteiger partial charge in [-0.25, -0.2) is 0 Å². The first-order chi connectivity index (χ1) is 10.1. The Labute approximate surface area is 133 Å². The minimum atomic E-state index is -0.278. The third-order valence-corrected chi connectivity index (χ3v) is 4.34. The van der Waals surface area contributed by atoms with Gasteiger partial charge in [-0.2, -0.15) is 0 Å². The maximum absolute atomic E-state index is 12.3. The van der Waals surface area contributed by atoms with Gasteiger partial charge in [-0.1, -0.05) is 54.3 Å². The second-order valence-electron chi connectivity index (χ2n) is 4.42. The summed E-state index contributed by atoms with van der Waals surface area (Å²) in [7, 11) is 1.35. The first-order valence-corrected chi connectivity index (χ1v) is 7.71. The van der Waals surface area contributed by atoms with Gasteiger partial charge in [-0.15, -0.1) is 0 Å². The van der Waals surface area contributed by atoms with Crippen molar-refractivity contribution in [1.29, 1.82) is 0 Å². The molecule has 2 rings (SSSR count). The lowest BCUT2D eigenvalue weighted by Crippen LogP contribution is -2.29. The average Bonchev–Trinajstić information content (AvgIpc) is 2.75. The minimum Gasteiger partial charge on any atom is -0.469 e. The van der Waals surface area contributed by atoms with Crippen molar-refractivity contribution in [3.05, 3.63) is 40.8 Å². The van der Waals surface area contributed by atoms with E-state index in [0.717, 1.165) is 5.56 Å². The van der Waals surface area contributed by atoms with E-state index in [2.05, 4.69) is 4.74 Å². The summed E-state index contributed by atoms with van der Waals surface area (Å²) in [4.78, 5) is 25.5. The average molecular weight is 321 g/mol. The van der Waals surface area contributed by atoms with E-state index in [1.165, 1.54) is 23.8 Å². The third-order valence-electron chi connectivity index (χ3n) is 2.96. The number of amides is 1. The maximum atomic E-state index is 12.3. The zero-order valence-corrected chi connectivity index (χ0v) is 13.2. The molecule has 1 fully saturated rings. The summed E-state index contributed by atoms with van der Waals surface area (Å²) in [6.45, 7) is 0.436. The summed E-state index contributed by atoms with van der Waals surface area (Å²) < 4.78 is 5.11. The lowest BCUT2D eigenvalue weighted by atomic mass is 10.2. The molecule has 0 spiro atoms. The van der Waals surface area contributed by atoms with E-state index in [1.54, 1.807) is 0 Å². The molecule has 1 aromatic carbocycles. The van der Waals surface area contributed by atoms with Crippen molar-refractivity contribution in [2.75, 3.05) is 13.7 Å². The number of nitrogens with zero attached hydrogens (tertiary/aromatic N) is 1. The molecule has 0 bridgehead atoms. The predicted molar refractivity (Wildman–Crippen MR) is 87.6 cm³/mol. The Hall–Kier alpha value is -1.66. The van der Waals surface area contributed by atoms with Crippen molar-refractivity contribution in [2.24, 2.45) is 0 Å². The van der Waals surface area contributed by atoms with Crippen LogP contribution in [0, 0.1) is 0 Å². The molecule has 1 aliphatic rings. The molecule has 1 amide bonds. The van der Waals surface area contributed by atoms with Crippen LogP contribution in [0.1, 0.15) is 18.4 Å². The van der Waals surface area contributed by atoms with E-state index in [-0.39, 0.29) is 18.3 Å². The number of methoxy groups -OCH3 is 1. The number of hydrogen-bond donors (Lipinski definition) is 0. The molecule has 1 saturated heterocycles. The van der Waals surface area contributed by atoms with Crippen molar-refractivity contribution in [2.45, 2.75) is 12.8 Å². The SMILES string of the molecule is COC(=O)CCCN1C(=O)/C(=C\c2ccccc2)SC1=S. The van der Waals surface area contributed by atoms with Crippen LogP contribution < -0.4 is 0 Å². The van der Waals surface area contributed by atoms with Crippen LogP contribution in [0.4, 0.5) is 0 Å². The predicted octanol–water partition coefficient (Wildman–Crippen LogP) is 2.84. The first-order valence-electron chi connectivity index (χ1n) is 6.49. The number of thioether (sulfide) groups is 1. The summed E-state index contributed by atoms with van der Waals surface area (Å²) >= 11 is 6.52. The standard InChI is InChI=1S/C15H15NO3S2/c1-19-13(17)8-5-9-16-14(18)12(21-15(16)20)10-11-6-3-2-4-7-11/h2-4,6-7,10H,5,8-9H2,1H3/b12-10+. The van der Waals surface area contributed by atoms with Crippen LogP contribution in [0.5, 0.6) is 0 Å². The molecule has 0 saturated carbocycles. The molecule has 4 nitrogen and oxygen atoms in total. The minimum absolute atomic E-state index is 0.0984. The van der Waals surface area contributed by atoms with Gasteiger partial charge >= 0.3 is 5.97 Å². The Bertz CT molecular complexity index is 584. The molecule has 0 N–H and O–H groups in total. The van der Waals surface area contributed by atoms with Gasteiger partial charge in [0.25, 0.3) is 5.91 Å². The fraction of sp³-hybridized carbons (Fsp3) is 0.267. The van der Waals surface area contributed by atoms with Crippen LogP contribution in [-0.4, -0.2) is 34.8 Å². The molecule has 0 aromatic heterocycles. The van der Waals surface area contributed by atoms with Gasteiger partial charge in [0.05, 0.1) is 12.0 Å². The number of rotatable bonds is 5. The van der Waals surface area contributed by atoms with Crippen LogP contribution in [0.15, 0.2) is 35.2 Å². The summed E-state index contributed by atoms with van der Waals surface area (Å²) in [5, 5.41) is 0. The lowest BCUT2D eigenvalue weighted by molar-refractivity contribution is -0.141. The van der Waals surface area contributed by atoms with Crippen LogP contribution in [0.25, 0.3) is 6.08 Å². The smallest absolute Gasteiger partial charge is 0.305 e. The van der Waals surface area contributed by atoms with Crippen molar-refractivity contribution in [3.8, 4) is 0 Å². The zero-order valence-electron chi connectivity index (χ0n) is 11.6. The number of carbonyl (C=O) groups excluding carboxylic acids is 2. The largest absolute Gasteiger partial charge is 0.469 e. The number of hydrogen-bond acceptors (Lipinski definition) is 5. The summed E-state index contributed by atoms with van der Waals surface area (Å²) in [6, 6.07) is 9.63. The summed E-state index contributed by atoms with van der Waals surface area (Å²) in [6.07, 6.45) is 2.66. The van der Waals surface area contributed by atoms with Gasteiger partial charge in [-0.05, 0) is 18.1 Å². The normalized spacial score (nSPS) is 16.6. The zero-order chi connectivity index (χ0) is 15.2. The number of esters is 1. The van der Waals surface area contributed by atoms with Crippen LogP contribution >= 0.6 is 24.0 Å². The van der Waals surface area contributed by atoms with Gasteiger partial charge < -0.3 is 4.74 Å². The molecular formula is C15H15NO3S2. The van der Waals surface area contributed by atoms with Gasteiger partial charge in [0.2, 0.25) is 0 Å². The number of ether oxygens (including phenoxy) is 1. The van der Waals surface area contributed by atoms with Crippen molar-refractivity contribution in [1.82, 2.24) is 4.90 Å². The quantitative estimate of drug-likeness (QED) is 0.474. The second-order valence-corrected chi connectivity index (χ2v) is 6.10. The molecular weight excluding hydrogens is 306 g/mol. The van der Waals surface area contributed by atoms with Gasteiger partial charge in [0, 0.05) is 13.0 Å². The lowest BCUT2D eigenvalue weighted by Gasteiger charge is -2.13. The van der Waals surface area contributed by atoms with Gasteiger partial charge in [-0.3, -0.25) is 14.5 Å². The molecule has 1 heterocycles. The molecule has 0 atom stereocenters. The highest BCUT2D eigenvalue weighted by Gasteiger charge is 2.31. The van der Waals surface area contributed by atoms with Crippen molar-refractivity contribution >= 4 is 46.3 Å². The van der Waals surface area contributed by atoms with E-state index in [1.807, 2.05) is 36.4 Å². The van der Waals surface area contributed by atoms with Gasteiger partial charge in [0.15, 0.2) is 0 Å². The highest BCUT2D eigenvalue weighted by atomic mass is 32.2. The van der Waals surface area contributed by atoms with E-state index in [9.17, 15) is 9.59 Å². The Balaban J connectivity index is 2.00. The summed E-state index contributed by atoms with van der Waals surface area (Å²) in [5.74, 6) is -0.376. The topological polar surface area (TPSA) is 46.6 Å². The van der Waals surface area contributed by atoms with E-state index < -0.39 is 0 Å². The van der Waals surface area contributed by atoms with Crippen molar-refractivity contribution in [3.63, 3.8) is 0 Å². The Morgan fingerprint density at radius 1 is 1.38 bits per heavy atom. The fourth-order valence-electron chi connectivity index (χ4n) is 1.88. The fourth-order valence-corrected chi connectivity index (χ4v) is 3.19. The van der Waals surface area contributed by atoms with Crippen LogP contribution in [0.3, 0.4) is 0 Å². The molecule has 1 aliphatic heterocycles. The van der Waals surface area contributed by atoms with Crippen LogP contribution in [0.2, 0.25) is 0 Å². The third kappa shape index (κ3) is 4.15. The number of benzene rings is 1. The molecule has 0 radical (unpaired) electrons. The Morgan fingerprint density at radius 2 is 2.10 bits per heavy atom. The highest BCUT2D eigenvalue weighted by molar-refractivity contribution is 8.26. The Kier molecular flexibility index (Phi) is 5.52. The molecule has 0 unspecified atom stereocenters. The molecule has 0 aliphatic carbocycles.